The summed E-state index contributed by atoms with van der Waals surface area (Å²) in [5.41, 5.74) is 2.04. The molecule has 0 saturated heterocycles. The molecule has 0 spiro atoms. The molecule has 2 aromatic rings. The third-order valence-electron chi connectivity index (χ3n) is 3.54. The molecule has 0 aliphatic heterocycles. The van der Waals surface area contributed by atoms with Crippen molar-refractivity contribution in [3.8, 4) is 5.75 Å². The highest BCUT2D eigenvalue weighted by Gasteiger charge is 2.08. The third-order valence-corrected chi connectivity index (χ3v) is 4.71. The molecule has 2 rings (SSSR count). The monoisotopic (exact) mass is 382 g/mol. The zero-order chi connectivity index (χ0) is 18.4. The second-order valence-corrected chi connectivity index (χ2v) is 8.03. The summed E-state index contributed by atoms with van der Waals surface area (Å²) in [7, 11) is -3.64. The quantitative estimate of drug-likeness (QED) is 0.687. The molecule has 0 bridgehead atoms. The van der Waals surface area contributed by atoms with Crippen molar-refractivity contribution in [2.24, 2.45) is 5.14 Å². The summed E-state index contributed by atoms with van der Waals surface area (Å²) in [6, 6.07) is 12.2. The number of rotatable bonds is 8. The number of halogens is 1. The lowest BCUT2D eigenvalue weighted by Crippen LogP contribution is -2.18. The van der Waals surface area contributed by atoms with E-state index >= 15 is 0 Å². The summed E-state index contributed by atoms with van der Waals surface area (Å²) < 4.78 is 28.3. The SMILES string of the molecule is CC(C)Oc1ccc(Cl)cc1CNCCc1ccc(S(N)(=O)=O)cc1. The van der Waals surface area contributed by atoms with Gasteiger partial charge in [-0.15, -0.1) is 0 Å². The van der Waals surface area contributed by atoms with Gasteiger partial charge in [0.05, 0.1) is 11.0 Å². The number of hydrogen-bond acceptors (Lipinski definition) is 4. The van der Waals surface area contributed by atoms with Crippen LogP contribution >= 0.6 is 11.6 Å². The molecule has 7 heteroatoms. The van der Waals surface area contributed by atoms with Gasteiger partial charge >= 0.3 is 0 Å². The Kier molecular flexibility index (Phi) is 6.84. The summed E-state index contributed by atoms with van der Waals surface area (Å²) in [5.74, 6) is 0.824. The predicted octanol–water partition coefficient (Wildman–Crippen LogP) is 3.11. The van der Waals surface area contributed by atoms with Gasteiger partial charge in [0.25, 0.3) is 0 Å². The molecule has 0 heterocycles. The molecule has 0 amide bonds. The van der Waals surface area contributed by atoms with Crippen LogP contribution in [0.3, 0.4) is 0 Å². The molecular formula is C18H23ClN2O3S. The zero-order valence-electron chi connectivity index (χ0n) is 14.3. The standard InChI is InChI=1S/C18H23ClN2O3S/c1-13(2)24-18-8-5-16(19)11-15(18)12-21-10-9-14-3-6-17(7-4-14)25(20,22)23/h3-8,11,13,21H,9-10,12H2,1-2H3,(H2,20,22,23). The Hall–Kier alpha value is -1.60. The van der Waals surface area contributed by atoms with Gasteiger partial charge in [-0.25, -0.2) is 13.6 Å². The van der Waals surface area contributed by atoms with Crippen LogP contribution in [0.1, 0.15) is 25.0 Å². The fraction of sp³-hybridized carbons (Fsp3) is 0.333. The Labute approximate surface area is 154 Å². The van der Waals surface area contributed by atoms with Gasteiger partial charge in [-0.1, -0.05) is 23.7 Å². The number of nitrogens with one attached hydrogen (secondary N) is 1. The highest BCUT2D eigenvalue weighted by molar-refractivity contribution is 7.89. The molecule has 3 N–H and O–H groups in total. The second-order valence-electron chi connectivity index (χ2n) is 6.03. The van der Waals surface area contributed by atoms with Gasteiger partial charge in [0, 0.05) is 17.1 Å². The van der Waals surface area contributed by atoms with Crippen molar-refractivity contribution in [1.82, 2.24) is 5.32 Å². The van der Waals surface area contributed by atoms with Crippen LogP contribution in [0.4, 0.5) is 0 Å². The van der Waals surface area contributed by atoms with Crippen molar-refractivity contribution in [2.45, 2.75) is 37.8 Å². The minimum Gasteiger partial charge on any atom is -0.491 e. The van der Waals surface area contributed by atoms with Gasteiger partial charge in [0.2, 0.25) is 10.0 Å². The Morgan fingerprint density at radius 3 is 2.44 bits per heavy atom. The third kappa shape index (κ3) is 6.32. The minimum absolute atomic E-state index is 0.0947. The maximum absolute atomic E-state index is 11.2. The van der Waals surface area contributed by atoms with Crippen molar-refractivity contribution in [1.29, 1.82) is 0 Å². The fourth-order valence-corrected chi connectivity index (χ4v) is 3.07. The first-order valence-electron chi connectivity index (χ1n) is 8.03. The summed E-state index contributed by atoms with van der Waals surface area (Å²) >= 11 is 6.07. The van der Waals surface area contributed by atoms with Crippen LogP contribution in [0.15, 0.2) is 47.4 Å². The van der Waals surface area contributed by atoms with E-state index in [4.69, 9.17) is 21.5 Å². The predicted molar refractivity (Wildman–Crippen MR) is 100 cm³/mol. The number of primary sulfonamides is 1. The molecule has 5 nitrogen and oxygen atoms in total. The summed E-state index contributed by atoms with van der Waals surface area (Å²) in [6.07, 6.45) is 0.864. The Morgan fingerprint density at radius 2 is 1.84 bits per heavy atom. The van der Waals surface area contributed by atoms with E-state index < -0.39 is 10.0 Å². The first-order valence-corrected chi connectivity index (χ1v) is 9.95. The van der Waals surface area contributed by atoms with E-state index in [1.165, 1.54) is 12.1 Å². The van der Waals surface area contributed by atoms with Crippen LogP contribution in [-0.4, -0.2) is 21.1 Å². The van der Waals surface area contributed by atoms with Gasteiger partial charge in [0.1, 0.15) is 5.75 Å². The molecule has 0 fully saturated rings. The van der Waals surface area contributed by atoms with Gasteiger partial charge in [-0.3, -0.25) is 0 Å². The van der Waals surface area contributed by atoms with Gasteiger partial charge in [0.15, 0.2) is 0 Å². The lowest BCUT2D eigenvalue weighted by Gasteiger charge is -2.15. The lowest BCUT2D eigenvalue weighted by molar-refractivity contribution is 0.239. The zero-order valence-corrected chi connectivity index (χ0v) is 15.9. The molecule has 0 saturated carbocycles. The molecule has 2 aromatic carbocycles. The maximum atomic E-state index is 11.2. The van der Waals surface area contributed by atoms with Gasteiger partial charge in [-0.05, 0) is 62.7 Å². The summed E-state index contributed by atoms with van der Waals surface area (Å²) in [5, 5.41) is 9.12. The van der Waals surface area contributed by atoms with E-state index in [0.29, 0.717) is 11.6 Å². The normalized spacial score (nSPS) is 11.7. The largest absolute Gasteiger partial charge is 0.491 e. The number of nitrogens with two attached hydrogens (primary N) is 1. The van der Waals surface area contributed by atoms with Crippen LogP contribution in [-0.2, 0) is 23.0 Å². The van der Waals surface area contributed by atoms with E-state index in [2.05, 4.69) is 5.32 Å². The number of benzene rings is 2. The molecule has 25 heavy (non-hydrogen) atoms. The van der Waals surface area contributed by atoms with E-state index in [9.17, 15) is 8.42 Å². The Balaban J connectivity index is 1.90. The van der Waals surface area contributed by atoms with Crippen LogP contribution in [0, 0.1) is 0 Å². The smallest absolute Gasteiger partial charge is 0.238 e. The first-order chi connectivity index (χ1) is 11.8. The summed E-state index contributed by atoms with van der Waals surface area (Å²) in [4.78, 5) is 0.124. The average Bonchev–Trinajstić information content (AvgIpc) is 2.53. The second kappa shape index (κ2) is 8.67. The molecule has 0 aliphatic carbocycles. The van der Waals surface area contributed by atoms with Crippen LogP contribution in [0.5, 0.6) is 5.75 Å². The fourth-order valence-electron chi connectivity index (χ4n) is 2.36. The van der Waals surface area contributed by atoms with Crippen LogP contribution in [0.25, 0.3) is 0 Å². The molecule has 0 aliphatic rings. The highest BCUT2D eigenvalue weighted by Crippen LogP contribution is 2.23. The lowest BCUT2D eigenvalue weighted by atomic mass is 10.1. The average molecular weight is 383 g/mol. The van der Waals surface area contributed by atoms with Gasteiger partial charge in [-0.2, -0.15) is 0 Å². The number of ether oxygens (including phenoxy) is 1. The van der Waals surface area contributed by atoms with Crippen molar-refractivity contribution >= 4 is 21.6 Å². The number of sulfonamides is 1. The summed E-state index contributed by atoms with van der Waals surface area (Å²) in [6.45, 7) is 5.34. The Morgan fingerprint density at radius 1 is 1.16 bits per heavy atom. The molecule has 0 radical (unpaired) electrons. The van der Waals surface area contributed by atoms with Gasteiger partial charge < -0.3 is 10.1 Å². The molecule has 0 unspecified atom stereocenters. The highest BCUT2D eigenvalue weighted by atomic mass is 35.5. The van der Waals surface area contributed by atoms with Crippen molar-refractivity contribution in [2.75, 3.05) is 6.54 Å². The molecule has 0 atom stereocenters. The van der Waals surface area contributed by atoms with E-state index in [1.807, 2.05) is 32.0 Å². The van der Waals surface area contributed by atoms with Crippen LogP contribution < -0.4 is 15.2 Å². The van der Waals surface area contributed by atoms with Crippen molar-refractivity contribution < 1.29 is 13.2 Å². The minimum atomic E-state index is -3.64. The molecule has 136 valence electrons. The van der Waals surface area contributed by atoms with Crippen LogP contribution in [0.2, 0.25) is 5.02 Å². The first kappa shape index (κ1) is 19.7. The number of hydrogen-bond donors (Lipinski definition) is 2. The maximum Gasteiger partial charge on any atom is 0.238 e. The van der Waals surface area contributed by atoms with Crippen molar-refractivity contribution in [3.63, 3.8) is 0 Å². The van der Waals surface area contributed by atoms with E-state index in [1.54, 1.807) is 12.1 Å². The molecular weight excluding hydrogens is 360 g/mol. The Bertz CT molecular complexity index is 806. The molecule has 0 aromatic heterocycles. The topological polar surface area (TPSA) is 81.4 Å². The van der Waals surface area contributed by atoms with Crippen molar-refractivity contribution in [3.05, 3.63) is 58.6 Å². The van der Waals surface area contributed by atoms with E-state index in [0.717, 1.165) is 29.8 Å². The van der Waals surface area contributed by atoms with E-state index in [-0.39, 0.29) is 11.0 Å².